The van der Waals surface area contributed by atoms with Gasteiger partial charge in [-0.25, -0.2) is 0 Å². The zero-order valence-corrected chi connectivity index (χ0v) is 14.2. The van der Waals surface area contributed by atoms with Crippen LogP contribution in [0.5, 0.6) is 0 Å². The van der Waals surface area contributed by atoms with Gasteiger partial charge >= 0.3 is 30.0 Å². The Labute approximate surface area is 143 Å². The van der Waals surface area contributed by atoms with Crippen molar-refractivity contribution in [1.29, 1.82) is 0 Å². The van der Waals surface area contributed by atoms with Gasteiger partial charge in [0.1, 0.15) is 0 Å². The van der Waals surface area contributed by atoms with Crippen LogP contribution in [0.1, 0.15) is 40.5 Å². The molecule has 0 aliphatic carbocycles. The van der Waals surface area contributed by atoms with E-state index in [0.29, 0.717) is 0 Å². The van der Waals surface area contributed by atoms with Crippen molar-refractivity contribution in [3.63, 3.8) is 0 Å². The van der Waals surface area contributed by atoms with E-state index in [-0.39, 0.29) is 20.3 Å². The summed E-state index contributed by atoms with van der Waals surface area (Å²) in [6.07, 6.45) is -13.7. The molecule has 1 N–H and O–H groups in total. The Morgan fingerprint density at radius 3 is 1.96 bits per heavy atom. The number of halogens is 8. The molecule has 1 aliphatic rings. The van der Waals surface area contributed by atoms with Gasteiger partial charge in [-0.3, -0.25) is 4.79 Å². The molecule has 26 heavy (non-hydrogen) atoms. The highest BCUT2D eigenvalue weighted by Gasteiger charge is 2.85. The predicted octanol–water partition coefficient (Wildman–Crippen LogP) is 3.96. The molecule has 4 nitrogen and oxygen atoms in total. The molecule has 0 saturated carbocycles. The van der Waals surface area contributed by atoms with Gasteiger partial charge in [0.25, 0.3) is 0 Å². The van der Waals surface area contributed by atoms with Crippen molar-refractivity contribution >= 4 is 5.97 Å². The van der Waals surface area contributed by atoms with Gasteiger partial charge in [0.05, 0.1) is 5.92 Å². The van der Waals surface area contributed by atoms with Gasteiger partial charge in [-0.15, -0.1) is 0 Å². The van der Waals surface area contributed by atoms with E-state index in [1.807, 2.05) is 0 Å². The normalized spacial score (nSPS) is 36.5. The summed E-state index contributed by atoms with van der Waals surface area (Å²) in [7, 11) is 0. The molecule has 1 aliphatic heterocycles. The summed E-state index contributed by atoms with van der Waals surface area (Å²) in [5, 5.41) is 9.49. The number of aliphatic hydroxyl groups is 1. The van der Waals surface area contributed by atoms with Crippen molar-refractivity contribution in [2.75, 3.05) is 0 Å². The lowest BCUT2D eigenvalue weighted by molar-refractivity contribution is -0.514. The van der Waals surface area contributed by atoms with E-state index in [0.717, 1.165) is 0 Å². The summed E-state index contributed by atoms with van der Waals surface area (Å²) in [5.41, 5.74) is -7.50. The Hall–Kier alpha value is -1.17. The van der Waals surface area contributed by atoms with Crippen molar-refractivity contribution in [3.05, 3.63) is 0 Å². The molecular formula is C14H18F8O4. The second-order valence-corrected chi connectivity index (χ2v) is 6.68. The van der Waals surface area contributed by atoms with E-state index in [1.165, 1.54) is 13.8 Å². The number of rotatable bonds is 3. The maximum atomic E-state index is 14.5. The first-order valence-corrected chi connectivity index (χ1v) is 7.44. The first-order chi connectivity index (χ1) is 11.3. The molecule has 1 rings (SSSR count). The molecule has 0 aromatic heterocycles. The number of carbonyl (C=O) groups is 1. The zero-order chi connectivity index (χ0) is 21.0. The van der Waals surface area contributed by atoms with Crippen molar-refractivity contribution < 1.29 is 54.5 Å². The van der Waals surface area contributed by atoms with Gasteiger partial charge in [-0.1, -0.05) is 13.8 Å². The lowest BCUT2D eigenvalue weighted by atomic mass is 9.76. The maximum Gasteiger partial charge on any atom is 0.449 e. The summed E-state index contributed by atoms with van der Waals surface area (Å²) in [6.45, 7) is 2.90. The van der Waals surface area contributed by atoms with Crippen LogP contribution >= 0.6 is 0 Å². The lowest BCUT2D eigenvalue weighted by Crippen LogP contribution is -2.78. The topological polar surface area (TPSA) is 55.8 Å². The van der Waals surface area contributed by atoms with E-state index in [2.05, 4.69) is 9.47 Å². The molecule has 4 atom stereocenters. The van der Waals surface area contributed by atoms with Crippen LogP contribution in [0, 0.1) is 5.92 Å². The second-order valence-electron chi connectivity index (χ2n) is 6.68. The molecule has 0 aromatic carbocycles. The van der Waals surface area contributed by atoms with Crippen LogP contribution in [0.4, 0.5) is 35.1 Å². The van der Waals surface area contributed by atoms with E-state index >= 15 is 0 Å². The maximum absolute atomic E-state index is 14.5. The Kier molecular flexibility index (Phi) is 5.44. The minimum atomic E-state index is -6.31. The highest BCUT2D eigenvalue weighted by Crippen LogP contribution is 2.60. The molecule has 12 heteroatoms. The molecule has 0 bridgehead atoms. The standard InChI is InChI=1S/C14H18F8O4/c1-5-7(2)8(23)25-9(3)6-10(4,13(17,18)19)26-12(24,11(9,15)16)14(20,21)22/h7,24H,5-6H2,1-4H3. The van der Waals surface area contributed by atoms with Crippen LogP contribution in [0.2, 0.25) is 0 Å². The quantitative estimate of drug-likeness (QED) is 0.574. The molecule has 0 aromatic rings. The van der Waals surface area contributed by atoms with E-state index in [4.69, 9.17) is 0 Å². The predicted molar refractivity (Wildman–Crippen MR) is 70.1 cm³/mol. The smallest absolute Gasteiger partial charge is 0.449 e. The molecule has 1 fully saturated rings. The number of hydrogen-bond donors (Lipinski definition) is 1. The van der Waals surface area contributed by atoms with Crippen LogP contribution in [-0.4, -0.2) is 46.3 Å². The molecule has 0 spiro atoms. The first kappa shape index (κ1) is 22.9. The number of hydrogen-bond acceptors (Lipinski definition) is 4. The third kappa shape index (κ3) is 3.25. The van der Waals surface area contributed by atoms with Crippen molar-refractivity contribution in [1.82, 2.24) is 0 Å². The minimum absolute atomic E-state index is 0.0388. The van der Waals surface area contributed by atoms with Crippen LogP contribution in [0.25, 0.3) is 0 Å². The average molecular weight is 402 g/mol. The first-order valence-electron chi connectivity index (χ1n) is 7.44. The minimum Gasteiger partial charge on any atom is -0.452 e. The second kappa shape index (κ2) is 6.18. The van der Waals surface area contributed by atoms with Crippen LogP contribution in [0.3, 0.4) is 0 Å². The molecule has 0 amide bonds. The average Bonchev–Trinajstić information content (AvgIpc) is 2.41. The Morgan fingerprint density at radius 1 is 1.15 bits per heavy atom. The van der Waals surface area contributed by atoms with Gasteiger partial charge < -0.3 is 14.6 Å². The third-order valence-corrected chi connectivity index (χ3v) is 4.46. The molecule has 1 saturated heterocycles. The van der Waals surface area contributed by atoms with Crippen molar-refractivity contribution in [2.24, 2.45) is 5.92 Å². The van der Waals surface area contributed by atoms with Gasteiger partial charge in [0, 0.05) is 6.42 Å². The van der Waals surface area contributed by atoms with Crippen LogP contribution < -0.4 is 0 Å². The third-order valence-electron chi connectivity index (χ3n) is 4.46. The summed E-state index contributed by atoms with van der Waals surface area (Å²) < 4.78 is 116. The fourth-order valence-corrected chi connectivity index (χ4v) is 2.52. The van der Waals surface area contributed by atoms with Gasteiger partial charge in [-0.2, -0.15) is 35.1 Å². The summed E-state index contributed by atoms with van der Waals surface area (Å²) in [4.78, 5) is 11.8. The van der Waals surface area contributed by atoms with Gasteiger partial charge in [0.15, 0.2) is 11.2 Å². The molecule has 154 valence electrons. The Morgan fingerprint density at radius 2 is 1.62 bits per heavy atom. The Bertz CT molecular complexity index is 560. The van der Waals surface area contributed by atoms with Crippen molar-refractivity contribution in [2.45, 2.75) is 75.8 Å². The van der Waals surface area contributed by atoms with E-state index in [9.17, 15) is 45.0 Å². The molecule has 1 heterocycles. The number of ether oxygens (including phenoxy) is 2. The van der Waals surface area contributed by atoms with Gasteiger partial charge in [0.2, 0.25) is 0 Å². The number of alkyl halides is 8. The SMILES string of the molecule is CCC(C)C(=O)OC1(C)CC(C)(C(F)(F)F)OC(O)(C(F)(F)F)C1(F)F. The summed E-state index contributed by atoms with van der Waals surface area (Å²) in [5.74, 6) is -13.4. The monoisotopic (exact) mass is 402 g/mol. The fraction of sp³-hybridized carbons (Fsp3) is 0.929. The van der Waals surface area contributed by atoms with Crippen molar-refractivity contribution in [3.8, 4) is 0 Å². The number of carbonyl (C=O) groups excluding carboxylic acids is 1. The van der Waals surface area contributed by atoms with Crippen LogP contribution in [-0.2, 0) is 14.3 Å². The van der Waals surface area contributed by atoms with Crippen LogP contribution in [0.15, 0.2) is 0 Å². The summed E-state index contributed by atoms with van der Waals surface area (Å²) in [6, 6.07) is 0. The van der Waals surface area contributed by atoms with E-state index in [1.54, 1.807) is 0 Å². The lowest BCUT2D eigenvalue weighted by Gasteiger charge is -2.55. The molecular weight excluding hydrogens is 384 g/mol. The number of esters is 1. The van der Waals surface area contributed by atoms with E-state index < -0.39 is 53.6 Å². The fourth-order valence-electron chi connectivity index (χ4n) is 2.52. The zero-order valence-electron chi connectivity index (χ0n) is 14.2. The highest BCUT2D eigenvalue weighted by molar-refractivity contribution is 5.72. The van der Waals surface area contributed by atoms with Gasteiger partial charge in [-0.05, 0) is 20.3 Å². The largest absolute Gasteiger partial charge is 0.452 e. The highest BCUT2D eigenvalue weighted by atomic mass is 19.4. The summed E-state index contributed by atoms with van der Waals surface area (Å²) >= 11 is 0. The molecule has 0 radical (unpaired) electrons. The Balaban J connectivity index is 3.59. The molecule has 4 unspecified atom stereocenters.